The molecule has 0 spiro atoms. The Morgan fingerprint density at radius 3 is 2.57 bits per heavy atom. The number of anilines is 1. The van der Waals surface area contributed by atoms with Crippen LogP contribution in [0.25, 0.3) is 0 Å². The molecule has 1 aromatic carbocycles. The molecule has 0 aliphatic heterocycles. The molecule has 8 heteroatoms. The number of hydrogen-bond acceptors (Lipinski definition) is 5. The Hall–Kier alpha value is -1.64. The van der Waals surface area contributed by atoms with Gasteiger partial charge in [0.25, 0.3) is 0 Å². The smallest absolute Gasteiger partial charge is 0.335 e. The number of rotatable bonds is 8. The number of sulfonamides is 1. The zero-order valence-electron chi connectivity index (χ0n) is 12.0. The number of nitrogens with one attached hydrogen (secondary N) is 2. The monoisotopic (exact) mass is 316 g/mol. The summed E-state index contributed by atoms with van der Waals surface area (Å²) in [6, 6.07) is 3.92. The molecule has 0 aliphatic rings. The van der Waals surface area contributed by atoms with Crippen molar-refractivity contribution in [1.82, 2.24) is 4.72 Å². The third kappa shape index (κ3) is 4.69. The summed E-state index contributed by atoms with van der Waals surface area (Å²) >= 11 is 0. The largest absolute Gasteiger partial charge is 0.478 e. The van der Waals surface area contributed by atoms with Gasteiger partial charge in [-0.3, -0.25) is 0 Å². The molecule has 0 unspecified atom stereocenters. The predicted octanol–water partition coefficient (Wildman–Crippen LogP) is 0.866. The van der Waals surface area contributed by atoms with Crippen LogP contribution in [0.1, 0.15) is 30.6 Å². The van der Waals surface area contributed by atoms with Gasteiger partial charge in [-0.15, -0.1) is 0 Å². The maximum atomic E-state index is 12.2. The zero-order chi connectivity index (χ0) is 16.0. The fourth-order valence-corrected chi connectivity index (χ4v) is 2.84. The first-order chi connectivity index (χ1) is 9.81. The Kier molecular flexibility index (Phi) is 6.13. The van der Waals surface area contributed by atoms with Gasteiger partial charge in [0.2, 0.25) is 10.0 Å². The van der Waals surface area contributed by atoms with E-state index in [2.05, 4.69) is 10.0 Å². The van der Waals surface area contributed by atoms with Crippen LogP contribution in [0.4, 0.5) is 5.69 Å². The van der Waals surface area contributed by atoms with Crippen LogP contribution in [0.5, 0.6) is 0 Å². The quantitative estimate of drug-likeness (QED) is 0.565. The molecule has 118 valence electrons. The lowest BCUT2D eigenvalue weighted by atomic mass is 10.2. The zero-order valence-corrected chi connectivity index (χ0v) is 12.8. The van der Waals surface area contributed by atoms with Crippen molar-refractivity contribution in [3.63, 3.8) is 0 Å². The summed E-state index contributed by atoms with van der Waals surface area (Å²) in [6.07, 6.45) is 0.782. The molecule has 0 fully saturated rings. The Morgan fingerprint density at radius 1 is 1.38 bits per heavy atom. The van der Waals surface area contributed by atoms with Crippen LogP contribution in [-0.4, -0.2) is 43.8 Å². The van der Waals surface area contributed by atoms with E-state index in [0.29, 0.717) is 5.69 Å². The van der Waals surface area contributed by atoms with Crippen LogP contribution in [-0.2, 0) is 10.0 Å². The minimum Gasteiger partial charge on any atom is -0.478 e. The van der Waals surface area contributed by atoms with E-state index in [1.807, 2.05) is 13.8 Å². The Balaban J connectivity index is 3.28. The Labute approximate surface area is 124 Å². The molecule has 0 aromatic heterocycles. The van der Waals surface area contributed by atoms with E-state index in [9.17, 15) is 13.2 Å². The lowest BCUT2D eigenvalue weighted by molar-refractivity contribution is 0.0696. The van der Waals surface area contributed by atoms with Crippen molar-refractivity contribution in [2.24, 2.45) is 0 Å². The fourth-order valence-electron chi connectivity index (χ4n) is 1.62. The first-order valence-corrected chi connectivity index (χ1v) is 8.04. The second-order valence-corrected chi connectivity index (χ2v) is 6.33. The Bertz CT molecular complexity index is 601. The lowest BCUT2D eigenvalue weighted by Gasteiger charge is -2.17. The minimum absolute atomic E-state index is 0.0347. The van der Waals surface area contributed by atoms with Crippen LogP contribution in [0.15, 0.2) is 23.1 Å². The van der Waals surface area contributed by atoms with Gasteiger partial charge in [-0.05, 0) is 31.5 Å². The van der Waals surface area contributed by atoms with Crippen LogP contribution < -0.4 is 10.0 Å². The SMILES string of the molecule is CC[C@H](C)Nc1ccc(C(=O)O)cc1S(=O)(=O)NCCO. The van der Waals surface area contributed by atoms with Crippen molar-refractivity contribution in [3.05, 3.63) is 23.8 Å². The second kappa shape index (κ2) is 7.39. The molecule has 0 saturated carbocycles. The average molecular weight is 316 g/mol. The first-order valence-electron chi connectivity index (χ1n) is 6.56. The number of aromatic carboxylic acids is 1. The molecule has 4 N–H and O–H groups in total. The van der Waals surface area contributed by atoms with E-state index in [0.717, 1.165) is 12.5 Å². The third-order valence-electron chi connectivity index (χ3n) is 2.94. The van der Waals surface area contributed by atoms with E-state index in [-0.39, 0.29) is 29.7 Å². The number of carboxylic acid groups (broad SMARTS) is 1. The molecule has 0 bridgehead atoms. The maximum Gasteiger partial charge on any atom is 0.335 e. The molecule has 0 amide bonds. The van der Waals surface area contributed by atoms with Crippen molar-refractivity contribution in [3.8, 4) is 0 Å². The summed E-state index contributed by atoms with van der Waals surface area (Å²) in [5.41, 5.74) is 0.217. The van der Waals surface area contributed by atoms with Crippen LogP contribution in [0.3, 0.4) is 0 Å². The van der Waals surface area contributed by atoms with Crippen molar-refractivity contribution >= 4 is 21.7 Å². The molecule has 0 heterocycles. The van der Waals surface area contributed by atoms with Crippen LogP contribution in [0, 0.1) is 0 Å². The van der Waals surface area contributed by atoms with Crippen LogP contribution in [0.2, 0.25) is 0 Å². The molecular formula is C13H20N2O5S. The molecule has 1 atom stereocenters. The summed E-state index contributed by atoms with van der Waals surface area (Å²) in [4.78, 5) is 10.9. The van der Waals surface area contributed by atoms with Gasteiger partial charge in [0, 0.05) is 12.6 Å². The van der Waals surface area contributed by atoms with E-state index < -0.39 is 16.0 Å². The lowest BCUT2D eigenvalue weighted by Crippen LogP contribution is -2.28. The van der Waals surface area contributed by atoms with Crippen molar-refractivity contribution in [2.75, 3.05) is 18.5 Å². The van der Waals surface area contributed by atoms with Gasteiger partial charge in [0.15, 0.2) is 0 Å². The predicted molar refractivity (Wildman–Crippen MR) is 79.1 cm³/mol. The van der Waals surface area contributed by atoms with E-state index >= 15 is 0 Å². The fraction of sp³-hybridized carbons (Fsp3) is 0.462. The molecule has 0 saturated heterocycles. The summed E-state index contributed by atoms with van der Waals surface area (Å²) in [6.45, 7) is 3.36. The molecule has 1 rings (SSSR count). The molecule has 0 radical (unpaired) electrons. The number of benzene rings is 1. The highest BCUT2D eigenvalue weighted by atomic mass is 32.2. The van der Waals surface area contributed by atoms with Gasteiger partial charge in [-0.2, -0.15) is 0 Å². The number of carboxylic acids is 1. The van der Waals surface area contributed by atoms with E-state index in [1.165, 1.54) is 12.1 Å². The number of aliphatic hydroxyl groups excluding tert-OH is 1. The number of hydrogen-bond donors (Lipinski definition) is 4. The standard InChI is InChI=1S/C13H20N2O5S/c1-3-9(2)15-11-5-4-10(13(17)18)8-12(11)21(19,20)14-6-7-16/h4-5,8-9,14-16H,3,6-7H2,1-2H3,(H,17,18)/t9-/m0/s1. The number of aliphatic hydroxyl groups is 1. The molecular weight excluding hydrogens is 296 g/mol. The number of carbonyl (C=O) groups is 1. The van der Waals surface area contributed by atoms with Crippen molar-refractivity contribution in [1.29, 1.82) is 0 Å². The topological polar surface area (TPSA) is 116 Å². The summed E-state index contributed by atoms with van der Waals surface area (Å²) in [7, 11) is -3.90. The summed E-state index contributed by atoms with van der Waals surface area (Å²) in [5, 5.41) is 20.8. The van der Waals surface area contributed by atoms with Gasteiger partial charge >= 0.3 is 5.97 Å². The highest BCUT2D eigenvalue weighted by Crippen LogP contribution is 2.24. The average Bonchev–Trinajstić information content (AvgIpc) is 2.45. The van der Waals surface area contributed by atoms with Crippen molar-refractivity contribution in [2.45, 2.75) is 31.2 Å². The van der Waals surface area contributed by atoms with Crippen molar-refractivity contribution < 1.29 is 23.4 Å². The molecule has 21 heavy (non-hydrogen) atoms. The molecule has 0 aliphatic carbocycles. The summed E-state index contributed by atoms with van der Waals surface area (Å²) < 4.78 is 26.6. The first kappa shape index (κ1) is 17.4. The summed E-state index contributed by atoms with van der Waals surface area (Å²) in [5.74, 6) is -1.20. The highest BCUT2D eigenvalue weighted by molar-refractivity contribution is 7.89. The maximum absolute atomic E-state index is 12.2. The van der Waals surface area contributed by atoms with Gasteiger partial charge < -0.3 is 15.5 Å². The van der Waals surface area contributed by atoms with Gasteiger partial charge in [-0.25, -0.2) is 17.9 Å². The minimum atomic E-state index is -3.90. The molecule has 7 nitrogen and oxygen atoms in total. The van der Waals surface area contributed by atoms with Gasteiger partial charge in [0.1, 0.15) is 4.90 Å². The normalized spacial score (nSPS) is 12.9. The van der Waals surface area contributed by atoms with Crippen LogP contribution >= 0.6 is 0 Å². The second-order valence-electron chi connectivity index (χ2n) is 4.59. The van der Waals surface area contributed by atoms with E-state index in [1.54, 1.807) is 0 Å². The highest BCUT2D eigenvalue weighted by Gasteiger charge is 2.21. The van der Waals surface area contributed by atoms with Gasteiger partial charge in [-0.1, -0.05) is 6.92 Å². The Morgan fingerprint density at radius 2 is 2.05 bits per heavy atom. The third-order valence-corrected chi connectivity index (χ3v) is 4.44. The van der Waals surface area contributed by atoms with Gasteiger partial charge in [0.05, 0.1) is 17.9 Å². The molecule has 1 aromatic rings. The van der Waals surface area contributed by atoms with E-state index in [4.69, 9.17) is 10.2 Å².